The van der Waals surface area contributed by atoms with Crippen LogP contribution < -0.4 is 0 Å². The van der Waals surface area contributed by atoms with Gasteiger partial charge in [0.1, 0.15) is 12.4 Å². The van der Waals surface area contributed by atoms with Crippen molar-refractivity contribution in [2.45, 2.75) is 26.2 Å². The van der Waals surface area contributed by atoms with E-state index in [1.807, 2.05) is 0 Å². The molecular formula is C12H19NO3. The Morgan fingerprint density at radius 3 is 2.56 bits per heavy atom. The zero-order chi connectivity index (χ0) is 12.0. The number of Topliss-reactive ketones (excluding diaryl/α,β-unsaturated/α-hetero) is 1. The maximum Gasteiger partial charge on any atom is 0.410 e. The molecule has 4 heteroatoms. The third kappa shape index (κ3) is 4.04. The summed E-state index contributed by atoms with van der Waals surface area (Å²) in [5.41, 5.74) is 0. The molecule has 1 aliphatic heterocycles. The first-order chi connectivity index (χ1) is 7.63. The van der Waals surface area contributed by atoms with Gasteiger partial charge < -0.3 is 14.4 Å². The third-order valence-electron chi connectivity index (χ3n) is 2.77. The molecule has 4 nitrogen and oxygen atoms in total. The summed E-state index contributed by atoms with van der Waals surface area (Å²) < 4.78 is 4.95. The summed E-state index contributed by atoms with van der Waals surface area (Å²) in [4.78, 5) is 24.1. The number of ketones is 1. The Balaban J connectivity index is 2.28. The van der Waals surface area contributed by atoms with Crippen molar-refractivity contribution in [1.82, 2.24) is 4.90 Å². The van der Waals surface area contributed by atoms with Gasteiger partial charge in [-0.25, -0.2) is 4.79 Å². The summed E-state index contributed by atoms with van der Waals surface area (Å²) in [5.74, 6) is 0.661. The number of amides is 1. The van der Waals surface area contributed by atoms with E-state index >= 15 is 0 Å². The first-order valence-electron chi connectivity index (χ1n) is 5.65. The molecule has 90 valence electrons. The van der Waals surface area contributed by atoms with Crippen molar-refractivity contribution in [3.8, 4) is 0 Å². The van der Waals surface area contributed by atoms with Gasteiger partial charge in [-0.05, 0) is 25.7 Å². The molecule has 0 spiro atoms. The summed E-state index contributed by atoms with van der Waals surface area (Å²) in [6.07, 6.45) is 3.70. The molecule has 1 heterocycles. The lowest BCUT2D eigenvalue weighted by Crippen LogP contribution is -2.39. The molecule has 16 heavy (non-hydrogen) atoms. The predicted octanol–water partition coefficient (Wildman–Crippen LogP) is 2.00. The predicted molar refractivity (Wildman–Crippen MR) is 61.1 cm³/mol. The van der Waals surface area contributed by atoms with Gasteiger partial charge in [-0.3, -0.25) is 0 Å². The van der Waals surface area contributed by atoms with Crippen LogP contribution in [0.25, 0.3) is 0 Å². The van der Waals surface area contributed by atoms with Crippen LogP contribution in [0.4, 0.5) is 4.79 Å². The Kier molecular flexibility index (Phi) is 5.02. The van der Waals surface area contributed by atoms with Crippen LogP contribution in [0, 0.1) is 5.92 Å². The van der Waals surface area contributed by atoms with Crippen LogP contribution in [0.2, 0.25) is 0 Å². The highest BCUT2D eigenvalue weighted by Gasteiger charge is 2.24. The third-order valence-corrected chi connectivity index (χ3v) is 2.77. The summed E-state index contributed by atoms with van der Waals surface area (Å²) in [6, 6.07) is 0. The number of carbonyl (C=O) groups is 2. The van der Waals surface area contributed by atoms with Crippen LogP contribution in [-0.2, 0) is 9.53 Å². The van der Waals surface area contributed by atoms with E-state index in [1.165, 1.54) is 0 Å². The second-order valence-electron chi connectivity index (χ2n) is 4.20. The van der Waals surface area contributed by atoms with Crippen LogP contribution in [0.15, 0.2) is 12.7 Å². The minimum absolute atomic E-state index is 0.229. The number of hydrogen-bond donors (Lipinski definition) is 0. The second kappa shape index (κ2) is 6.30. The Morgan fingerprint density at radius 1 is 1.44 bits per heavy atom. The highest BCUT2D eigenvalue weighted by molar-refractivity contribution is 5.75. The zero-order valence-electron chi connectivity index (χ0n) is 9.78. The number of carbonyl (C=O) groups excluding carboxylic acids is 2. The molecule has 0 aliphatic carbocycles. The fourth-order valence-corrected chi connectivity index (χ4v) is 1.95. The van der Waals surface area contributed by atoms with Gasteiger partial charge in [0.2, 0.25) is 0 Å². The van der Waals surface area contributed by atoms with E-state index in [0.29, 0.717) is 25.4 Å². The minimum atomic E-state index is -0.277. The zero-order valence-corrected chi connectivity index (χ0v) is 9.78. The summed E-state index contributed by atoms with van der Waals surface area (Å²) in [5, 5.41) is 0. The number of nitrogens with zero attached hydrogens (tertiary/aromatic N) is 1. The Bertz CT molecular complexity index is 267. The lowest BCUT2D eigenvalue weighted by molar-refractivity contribution is -0.118. The lowest BCUT2D eigenvalue weighted by Gasteiger charge is -2.30. The van der Waals surface area contributed by atoms with E-state index in [9.17, 15) is 9.59 Å². The molecule has 0 N–H and O–H groups in total. The SMILES string of the molecule is C=CCOC(=O)N1CCC(CC(C)=O)CC1. The van der Waals surface area contributed by atoms with E-state index < -0.39 is 0 Å². The van der Waals surface area contributed by atoms with Gasteiger partial charge in [0.25, 0.3) is 0 Å². The average molecular weight is 225 g/mol. The molecule has 0 bridgehead atoms. The van der Waals surface area contributed by atoms with Gasteiger partial charge in [-0.2, -0.15) is 0 Å². The number of likely N-dealkylation sites (tertiary alicyclic amines) is 1. The first kappa shape index (κ1) is 12.7. The van der Waals surface area contributed by atoms with Crippen LogP contribution in [0.1, 0.15) is 26.2 Å². The van der Waals surface area contributed by atoms with Crippen LogP contribution >= 0.6 is 0 Å². The van der Waals surface area contributed by atoms with Crippen molar-refractivity contribution < 1.29 is 14.3 Å². The normalized spacial score (nSPS) is 16.9. The molecule has 1 fully saturated rings. The first-order valence-corrected chi connectivity index (χ1v) is 5.65. The minimum Gasteiger partial charge on any atom is -0.445 e. The summed E-state index contributed by atoms with van der Waals surface area (Å²) in [6.45, 7) is 6.74. The summed E-state index contributed by atoms with van der Waals surface area (Å²) >= 11 is 0. The molecule has 1 rings (SSSR count). The standard InChI is InChI=1S/C12H19NO3/c1-3-8-16-12(15)13-6-4-11(5-7-13)9-10(2)14/h3,11H,1,4-9H2,2H3. The Labute approximate surface area is 96.3 Å². The van der Waals surface area contributed by atoms with Crippen molar-refractivity contribution >= 4 is 11.9 Å². The van der Waals surface area contributed by atoms with Crippen molar-refractivity contribution in [2.24, 2.45) is 5.92 Å². The van der Waals surface area contributed by atoms with Gasteiger partial charge in [-0.15, -0.1) is 0 Å². The van der Waals surface area contributed by atoms with Gasteiger partial charge in [0, 0.05) is 19.5 Å². The van der Waals surface area contributed by atoms with Crippen LogP contribution in [-0.4, -0.2) is 36.5 Å². The smallest absolute Gasteiger partial charge is 0.410 e. The molecule has 0 radical (unpaired) electrons. The van der Waals surface area contributed by atoms with Gasteiger partial charge in [0.05, 0.1) is 0 Å². The van der Waals surface area contributed by atoms with Crippen molar-refractivity contribution in [3.05, 3.63) is 12.7 Å². The molecule has 0 aromatic rings. The van der Waals surface area contributed by atoms with E-state index in [-0.39, 0.29) is 18.5 Å². The lowest BCUT2D eigenvalue weighted by atomic mass is 9.92. The number of rotatable bonds is 4. The number of piperidine rings is 1. The summed E-state index contributed by atoms with van der Waals surface area (Å²) in [7, 11) is 0. The number of hydrogen-bond acceptors (Lipinski definition) is 3. The molecule has 0 saturated carbocycles. The maximum absolute atomic E-state index is 11.5. The van der Waals surface area contributed by atoms with E-state index in [4.69, 9.17) is 4.74 Å². The molecule has 1 saturated heterocycles. The molecule has 1 amide bonds. The highest BCUT2D eigenvalue weighted by atomic mass is 16.6. The van der Waals surface area contributed by atoms with E-state index in [0.717, 1.165) is 12.8 Å². The van der Waals surface area contributed by atoms with E-state index in [1.54, 1.807) is 17.9 Å². The van der Waals surface area contributed by atoms with Crippen molar-refractivity contribution in [1.29, 1.82) is 0 Å². The fraction of sp³-hybridized carbons (Fsp3) is 0.667. The van der Waals surface area contributed by atoms with Crippen molar-refractivity contribution in [3.63, 3.8) is 0 Å². The molecule has 1 aliphatic rings. The van der Waals surface area contributed by atoms with Crippen LogP contribution in [0.3, 0.4) is 0 Å². The Morgan fingerprint density at radius 2 is 2.06 bits per heavy atom. The fourth-order valence-electron chi connectivity index (χ4n) is 1.95. The van der Waals surface area contributed by atoms with Gasteiger partial charge >= 0.3 is 6.09 Å². The molecule has 0 atom stereocenters. The highest BCUT2D eigenvalue weighted by Crippen LogP contribution is 2.21. The quantitative estimate of drug-likeness (QED) is 0.687. The molecular weight excluding hydrogens is 206 g/mol. The number of ether oxygens (including phenoxy) is 1. The van der Waals surface area contributed by atoms with Crippen molar-refractivity contribution in [2.75, 3.05) is 19.7 Å². The largest absolute Gasteiger partial charge is 0.445 e. The second-order valence-corrected chi connectivity index (χ2v) is 4.20. The Hall–Kier alpha value is -1.32. The van der Waals surface area contributed by atoms with Gasteiger partial charge in [-0.1, -0.05) is 12.7 Å². The van der Waals surface area contributed by atoms with E-state index in [2.05, 4.69) is 6.58 Å². The molecule has 0 aromatic heterocycles. The maximum atomic E-state index is 11.5. The van der Waals surface area contributed by atoms with Gasteiger partial charge in [0.15, 0.2) is 0 Å². The van der Waals surface area contributed by atoms with Crippen LogP contribution in [0.5, 0.6) is 0 Å². The molecule has 0 aromatic carbocycles. The molecule has 0 unspecified atom stereocenters. The topological polar surface area (TPSA) is 46.6 Å². The monoisotopic (exact) mass is 225 g/mol. The average Bonchev–Trinajstić information content (AvgIpc) is 2.26.